The predicted molar refractivity (Wildman–Crippen MR) is 112 cm³/mol. The van der Waals surface area contributed by atoms with E-state index in [0.717, 1.165) is 24.3 Å². The third-order valence-electron chi connectivity index (χ3n) is 4.75. The van der Waals surface area contributed by atoms with Crippen molar-refractivity contribution in [3.63, 3.8) is 0 Å². The van der Waals surface area contributed by atoms with Crippen molar-refractivity contribution in [2.45, 2.75) is 20.8 Å². The molecule has 0 spiro atoms. The van der Waals surface area contributed by atoms with Crippen molar-refractivity contribution in [2.75, 3.05) is 23.0 Å². The summed E-state index contributed by atoms with van der Waals surface area (Å²) in [6, 6.07) is 14.2. The number of hydrogen-bond acceptors (Lipinski definition) is 4. The van der Waals surface area contributed by atoms with Crippen LogP contribution < -0.4 is 9.91 Å². The average Bonchev–Trinajstić information content (AvgIpc) is 2.98. The molecule has 1 heterocycles. The van der Waals surface area contributed by atoms with E-state index in [9.17, 15) is 9.59 Å². The molecular formula is C22H23N3O3. The SMILES string of the molecule is CCN(CC)c1ccc(/C=C2\C(=O)N(c3ccc(C(=O)O)cc3)N=C2C)cc1. The van der Waals surface area contributed by atoms with E-state index in [1.165, 1.54) is 17.1 Å². The standard InChI is InChI=1S/C22H23N3O3/c1-4-24(5-2)18-10-6-16(7-11-18)14-20-15(3)23-25(21(20)26)19-12-8-17(9-13-19)22(27)28/h6-14H,4-5H2,1-3H3,(H,27,28)/b20-14-. The van der Waals surface area contributed by atoms with Crippen LogP contribution in [-0.4, -0.2) is 35.8 Å². The van der Waals surface area contributed by atoms with Gasteiger partial charge in [0.15, 0.2) is 0 Å². The molecule has 1 aliphatic heterocycles. The van der Waals surface area contributed by atoms with Gasteiger partial charge in [0, 0.05) is 18.8 Å². The number of aromatic carboxylic acids is 1. The van der Waals surface area contributed by atoms with E-state index in [4.69, 9.17) is 5.11 Å². The third kappa shape index (κ3) is 3.81. The Hall–Kier alpha value is -3.41. The van der Waals surface area contributed by atoms with Gasteiger partial charge in [0.25, 0.3) is 5.91 Å². The number of nitrogens with zero attached hydrogens (tertiary/aromatic N) is 3. The van der Waals surface area contributed by atoms with Crippen molar-refractivity contribution >= 4 is 35.0 Å². The first-order valence-electron chi connectivity index (χ1n) is 9.24. The van der Waals surface area contributed by atoms with Gasteiger partial charge in [0.2, 0.25) is 0 Å². The van der Waals surface area contributed by atoms with Gasteiger partial charge in [-0.2, -0.15) is 10.1 Å². The van der Waals surface area contributed by atoms with Crippen LogP contribution >= 0.6 is 0 Å². The van der Waals surface area contributed by atoms with Crippen molar-refractivity contribution in [1.82, 2.24) is 0 Å². The Morgan fingerprint density at radius 2 is 1.68 bits per heavy atom. The van der Waals surface area contributed by atoms with Crippen LogP contribution in [0.25, 0.3) is 6.08 Å². The van der Waals surface area contributed by atoms with Crippen molar-refractivity contribution in [3.8, 4) is 0 Å². The molecule has 1 aliphatic rings. The van der Waals surface area contributed by atoms with Gasteiger partial charge in [-0.25, -0.2) is 4.79 Å². The second-order valence-corrected chi connectivity index (χ2v) is 6.48. The van der Waals surface area contributed by atoms with Crippen LogP contribution in [0.5, 0.6) is 0 Å². The summed E-state index contributed by atoms with van der Waals surface area (Å²) in [6.07, 6.45) is 1.83. The molecule has 1 amide bonds. The molecule has 0 aromatic heterocycles. The zero-order chi connectivity index (χ0) is 20.3. The topological polar surface area (TPSA) is 73.2 Å². The van der Waals surface area contributed by atoms with Crippen molar-refractivity contribution in [1.29, 1.82) is 0 Å². The Kier molecular flexibility index (Phi) is 5.59. The second kappa shape index (κ2) is 8.08. The molecule has 0 bridgehead atoms. The Labute approximate surface area is 164 Å². The van der Waals surface area contributed by atoms with Crippen LogP contribution in [0.3, 0.4) is 0 Å². The number of rotatable bonds is 6. The first-order chi connectivity index (χ1) is 13.4. The number of benzene rings is 2. The summed E-state index contributed by atoms with van der Waals surface area (Å²) in [4.78, 5) is 26.1. The molecule has 1 N–H and O–H groups in total. The van der Waals surface area contributed by atoms with E-state index in [1.807, 2.05) is 30.3 Å². The predicted octanol–water partition coefficient (Wildman–Crippen LogP) is 4.04. The van der Waals surface area contributed by atoms with Crippen molar-refractivity contribution in [2.24, 2.45) is 5.10 Å². The molecule has 2 aromatic carbocycles. The van der Waals surface area contributed by atoms with E-state index in [2.05, 4.69) is 23.8 Å². The number of anilines is 2. The summed E-state index contributed by atoms with van der Waals surface area (Å²) in [5.41, 5.74) is 3.93. The maximum absolute atomic E-state index is 12.8. The molecule has 0 aliphatic carbocycles. The van der Waals surface area contributed by atoms with Gasteiger partial charge in [0.1, 0.15) is 0 Å². The molecule has 0 atom stereocenters. The van der Waals surface area contributed by atoms with Gasteiger partial charge < -0.3 is 10.0 Å². The minimum atomic E-state index is -1.01. The maximum Gasteiger partial charge on any atom is 0.335 e. The summed E-state index contributed by atoms with van der Waals surface area (Å²) >= 11 is 0. The first-order valence-corrected chi connectivity index (χ1v) is 9.24. The minimum Gasteiger partial charge on any atom is -0.478 e. The van der Waals surface area contributed by atoms with Crippen molar-refractivity contribution in [3.05, 3.63) is 65.2 Å². The molecular weight excluding hydrogens is 354 g/mol. The van der Waals surface area contributed by atoms with E-state index in [0.29, 0.717) is 17.0 Å². The molecule has 0 saturated carbocycles. The number of carboxylic acids is 1. The number of hydrazone groups is 1. The van der Waals surface area contributed by atoms with Gasteiger partial charge in [-0.15, -0.1) is 0 Å². The Morgan fingerprint density at radius 1 is 1.07 bits per heavy atom. The van der Waals surface area contributed by atoms with Crippen LogP contribution in [-0.2, 0) is 4.79 Å². The molecule has 28 heavy (non-hydrogen) atoms. The fourth-order valence-corrected chi connectivity index (χ4v) is 3.14. The second-order valence-electron chi connectivity index (χ2n) is 6.48. The fourth-order valence-electron chi connectivity index (χ4n) is 3.14. The largest absolute Gasteiger partial charge is 0.478 e. The lowest BCUT2D eigenvalue weighted by Gasteiger charge is -2.20. The van der Waals surface area contributed by atoms with Gasteiger partial charge in [-0.3, -0.25) is 4.79 Å². The summed E-state index contributed by atoms with van der Waals surface area (Å²) in [5, 5.41) is 14.6. The summed E-state index contributed by atoms with van der Waals surface area (Å²) in [7, 11) is 0. The summed E-state index contributed by atoms with van der Waals surface area (Å²) in [5.74, 6) is -1.24. The third-order valence-corrected chi connectivity index (χ3v) is 4.75. The number of hydrogen-bond donors (Lipinski definition) is 1. The lowest BCUT2D eigenvalue weighted by molar-refractivity contribution is -0.114. The number of carboxylic acid groups (broad SMARTS) is 1. The zero-order valence-corrected chi connectivity index (χ0v) is 16.2. The van der Waals surface area contributed by atoms with Crippen molar-refractivity contribution < 1.29 is 14.7 Å². The average molecular weight is 377 g/mol. The zero-order valence-electron chi connectivity index (χ0n) is 16.2. The van der Waals surface area contributed by atoms with E-state index in [-0.39, 0.29) is 11.5 Å². The fraction of sp³-hybridized carbons (Fsp3) is 0.227. The van der Waals surface area contributed by atoms with E-state index >= 15 is 0 Å². The quantitative estimate of drug-likeness (QED) is 0.771. The number of carbonyl (C=O) groups excluding carboxylic acids is 1. The van der Waals surface area contributed by atoms with Crippen LogP contribution in [0.15, 0.2) is 59.2 Å². The van der Waals surface area contributed by atoms with Crippen LogP contribution in [0, 0.1) is 0 Å². The minimum absolute atomic E-state index is 0.167. The first kappa shape index (κ1) is 19.4. The molecule has 0 radical (unpaired) electrons. The Balaban J connectivity index is 1.83. The van der Waals surface area contributed by atoms with Crippen LogP contribution in [0.1, 0.15) is 36.7 Å². The highest BCUT2D eigenvalue weighted by atomic mass is 16.4. The Bertz CT molecular complexity index is 940. The maximum atomic E-state index is 12.8. The van der Waals surface area contributed by atoms with Gasteiger partial charge in [-0.1, -0.05) is 12.1 Å². The molecule has 6 nitrogen and oxygen atoms in total. The van der Waals surface area contributed by atoms with E-state index in [1.54, 1.807) is 19.1 Å². The highest BCUT2D eigenvalue weighted by Gasteiger charge is 2.28. The number of carbonyl (C=O) groups is 2. The molecule has 0 saturated heterocycles. The smallest absolute Gasteiger partial charge is 0.335 e. The lowest BCUT2D eigenvalue weighted by atomic mass is 10.1. The molecule has 144 valence electrons. The van der Waals surface area contributed by atoms with Crippen LogP contribution in [0.4, 0.5) is 11.4 Å². The number of amides is 1. The molecule has 2 aromatic rings. The molecule has 0 fully saturated rings. The van der Waals surface area contributed by atoms with Gasteiger partial charge >= 0.3 is 5.97 Å². The monoisotopic (exact) mass is 377 g/mol. The normalized spacial score (nSPS) is 15.1. The highest BCUT2D eigenvalue weighted by molar-refractivity contribution is 6.32. The van der Waals surface area contributed by atoms with Crippen LogP contribution in [0.2, 0.25) is 0 Å². The van der Waals surface area contributed by atoms with Gasteiger partial charge in [0.05, 0.1) is 22.5 Å². The van der Waals surface area contributed by atoms with Gasteiger partial charge in [-0.05, 0) is 68.8 Å². The molecule has 6 heteroatoms. The molecule has 0 unspecified atom stereocenters. The Morgan fingerprint density at radius 3 is 2.21 bits per heavy atom. The van der Waals surface area contributed by atoms with E-state index < -0.39 is 5.97 Å². The highest BCUT2D eigenvalue weighted by Crippen LogP contribution is 2.26. The summed E-state index contributed by atoms with van der Waals surface area (Å²) in [6.45, 7) is 7.91. The lowest BCUT2D eigenvalue weighted by Crippen LogP contribution is -2.21. The summed E-state index contributed by atoms with van der Waals surface area (Å²) < 4.78 is 0. The molecule has 3 rings (SSSR count).